The van der Waals surface area contributed by atoms with E-state index in [2.05, 4.69) is 60.0 Å². The number of carbonyl (C=O) groups is 1. The molecule has 1 unspecified atom stereocenters. The summed E-state index contributed by atoms with van der Waals surface area (Å²) >= 11 is 0. The quantitative estimate of drug-likeness (QED) is 0.759. The number of hydrogen-bond donors (Lipinski definition) is 2. The van der Waals surface area contributed by atoms with Crippen LogP contribution in [0.2, 0.25) is 0 Å². The van der Waals surface area contributed by atoms with Crippen molar-refractivity contribution in [1.29, 1.82) is 0 Å². The molecule has 1 amide bonds. The van der Waals surface area contributed by atoms with Gasteiger partial charge in [0.05, 0.1) is 0 Å². The molecular formula is C20H18N2O. The van der Waals surface area contributed by atoms with Crippen LogP contribution >= 0.6 is 0 Å². The Morgan fingerprint density at radius 2 is 1.83 bits per heavy atom. The summed E-state index contributed by atoms with van der Waals surface area (Å²) in [6.45, 7) is 2.77. The number of fused-ring (bicyclic) bond motifs is 2. The number of hydrogen-bond acceptors (Lipinski definition) is 2. The number of nitrogens with one attached hydrogen (secondary N) is 2. The first-order chi connectivity index (χ1) is 11.2. The minimum atomic E-state index is 0.0157. The van der Waals surface area contributed by atoms with E-state index in [1.807, 2.05) is 18.2 Å². The first-order valence-electron chi connectivity index (χ1n) is 7.87. The third kappa shape index (κ3) is 2.55. The molecule has 23 heavy (non-hydrogen) atoms. The summed E-state index contributed by atoms with van der Waals surface area (Å²) in [6, 6.07) is 21.0. The normalized spacial score (nSPS) is 14.4. The standard InChI is InChI=1S/C20H18N2O/c1-13(15-7-6-14-4-2-3-5-16(14)10-15)22-18-9-8-17-12-21-20(23)19(17)11-18/h2-11,13,22H,12H2,1H3,(H,21,23). The predicted octanol–water partition coefficient (Wildman–Crippen LogP) is 4.26. The van der Waals surface area contributed by atoms with Crippen molar-refractivity contribution in [3.8, 4) is 0 Å². The molecular weight excluding hydrogens is 284 g/mol. The predicted molar refractivity (Wildman–Crippen MR) is 93.6 cm³/mol. The Morgan fingerprint density at radius 1 is 1.00 bits per heavy atom. The minimum Gasteiger partial charge on any atom is -0.379 e. The summed E-state index contributed by atoms with van der Waals surface area (Å²) in [6.07, 6.45) is 0. The van der Waals surface area contributed by atoms with Crippen molar-refractivity contribution in [3.63, 3.8) is 0 Å². The summed E-state index contributed by atoms with van der Waals surface area (Å²) in [5.74, 6) is 0.0157. The van der Waals surface area contributed by atoms with Gasteiger partial charge in [0.2, 0.25) is 0 Å². The van der Waals surface area contributed by atoms with Crippen LogP contribution in [0.3, 0.4) is 0 Å². The van der Waals surface area contributed by atoms with Crippen LogP contribution in [0, 0.1) is 0 Å². The van der Waals surface area contributed by atoms with Gasteiger partial charge in [-0.25, -0.2) is 0 Å². The molecule has 0 spiro atoms. The molecule has 0 bridgehead atoms. The highest BCUT2D eigenvalue weighted by Crippen LogP contribution is 2.26. The third-order valence-corrected chi connectivity index (χ3v) is 4.45. The van der Waals surface area contributed by atoms with Crippen LogP contribution < -0.4 is 10.6 Å². The summed E-state index contributed by atoms with van der Waals surface area (Å²) in [4.78, 5) is 11.8. The van der Waals surface area contributed by atoms with Gasteiger partial charge >= 0.3 is 0 Å². The SMILES string of the molecule is CC(Nc1ccc2c(c1)C(=O)NC2)c1ccc2ccccc2c1. The summed E-state index contributed by atoms with van der Waals surface area (Å²) < 4.78 is 0. The Kier molecular flexibility index (Phi) is 3.27. The van der Waals surface area contributed by atoms with Crippen LogP contribution in [-0.2, 0) is 6.54 Å². The second-order valence-corrected chi connectivity index (χ2v) is 6.03. The van der Waals surface area contributed by atoms with Crippen LogP contribution in [0.1, 0.15) is 34.5 Å². The van der Waals surface area contributed by atoms with E-state index in [9.17, 15) is 4.79 Å². The van der Waals surface area contributed by atoms with E-state index in [1.165, 1.54) is 16.3 Å². The molecule has 0 aromatic heterocycles. The zero-order chi connectivity index (χ0) is 15.8. The molecule has 0 fully saturated rings. The molecule has 0 saturated carbocycles. The maximum atomic E-state index is 11.8. The van der Waals surface area contributed by atoms with Gasteiger partial charge in [-0.1, -0.05) is 42.5 Å². The fraction of sp³-hybridized carbons (Fsp3) is 0.150. The second kappa shape index (κ2) is 5.43. The molecule has 3 heteroatoms. The lowest BCUT2D eigenvalue weighted by Gasteiger charge is -2.17. The number of anilines is 1. The summed E-state index contributed by atoms with van der Waals surface area (Å²) in [7, 11) is 0. The van der Waals surface area contributed by atoms with Gasteiger partial charge in [-0.15, -0.1) is 0 Å². The Labute approximate surface area is 135 Å². The number of carbonyl (C=O) groups excluding carboxylic acids is 1. The largest absolute Gasteiger partial charge is 0.379 e. The zero-order valence-corrected chi connectivity index (χ0v) is 13.0. The summed E-state index contributed by atoms with van der Waals surface area (Å²) in [5, 5.41) is 8.83. The highest BCUT2D eigenvalue weighted by atomic mass is 16.1. The molecule has 0 saturated heterocycles. The van der Waals surface area contributed by atoms with E-state index in [-0.39, 0.29) is 11.9 Å². The maximum absolute atomic E-state index is 11.8. The van der Waals surface area contributed by atoms with Gasteiger partial charge < -0.3 is 10.6 Å². The van der Waals surface area contributed by atoms with Crippen LogP contribution in [0.25, 0.3) is 10.8 Å². The molecule has 1 aliphatic rings. The van der Waals surface area contributed by atoms with Gasteiger partial charge in [0.25, 0.3) is 5.91 Å². The maximum Gasteiger partial charge on any atom is 0.251 e. The molecule has 3 aromatic carbocycles. The van der Waals surface area contributed by atoms with Crippen molar-refractivity contribution < 1.29 is 4.79 Å². The van der Waals surface area contributed by atoms with Crippen LogP contribution in [0.4, 0.5) is 5.69 Å². The highest BCUT2D eigenvalue weighted by molar-refractivity contribution is 5.99. The van der Waals surface area contributed by atoms with E-state index in [1.54, 1.807) is 0 Å². The van der Waals surface area contributed by atoms with Crippen LogP contribution in [0.15, 0.2) is 60.7 Å². The van der Waals surface area contributed by atoms with Crippen molar-refractivity contribution in [3.05, 3.63) is 77.4 Å². The van der Waals surface area contributed by atoms with Crippen molar-refractivity contribution in [2.45, 2.75) is 19.5 Å². The average molecular weight is 302 g/mol. The Balaban J connectivity index is 1.60. The first kappa shape index (κ1) is 13.8. The topological polar surface area (TPSA) is 41.1 Å². The van der Waals surface area contributed by atoms with Crippen molar-refractivity contribution >= 4 is 22.4 Å². The van der Waals surface area contributed by atoms with Gasteiger partial charge in [0.1, 0.15) is 0 Å². The van der Waals surface area contributed by atoms with Gasteiger partial charge in [0, 0.05) is 23.8 Å². The fourth-order valence-electron chi connectivity index (χ4n) is 3.11. The van der Waals surface area contributed by atoms with Crippen molar-refractivity contribution in [1.82, 2.24) is 5.32 Å². The van der Waals surface area contributed by atoms with Gasteiger partial charge in [0.15, 0.2) is 0 Å². The summed E-state index contributed by atoms with van der Waals surface area (Å²) in [5.41, 5.74) is 4.05. The third-order valence-electron chi connectivity index (χ3n) is 4.45. The number of benzene rings is 3. The molecule has 1 aliphatic heterocycles. The lowest BCUT2D eigenvalue weighted by atomic mass is 10.0. The molecule has 2 N–H and O–H groups in total. The Bertz CT molecular complexity index is 901. The molecule has 1 heterocycles. The van der Waals surface area contributed by atoms with Gasteiger partial charge in [-0.05, 0) is 47.0 Å². The molecule has 4 rings (SSSR count). The molecule has 0 aliphatic carbocycles. The lowest BCUT2D eigenvalue weighted by Crippen LogP contribution is -2.12. The molecule has 1 atom stereocenters. The van der Waals surface area contributed by atoms with E-state index >= 15 is 0 Å². The minimum absolute atomic E-state index is 0.0157. The Hall–Kier alpha value is -2.81. The Morgan fingerprint density at radius 3 is 2.70 bits per heavy atom. The molecule has 3 aromatic rings. The van der Waals surface area contributed by atoms with Crippen LogP contribution in [-0.4, -0.2) is 5.91 Å². The molecule has 0 radical (unpaired) electrons. The molecule has 114 valence electrons. The lowest BCUT2D eigenvalue weighted by molar-refractivity contribution is 0.0966. The van der Waals surface area contributed by atoms with Crippen molar-refractivity contribution in [2.75, 3.05) is 5.32 Å². The van der Waals surface area contributed by atoms with Gasteiger partial charge in [-0.2, -0.15) is 0 Å². The van der Waals surface area contributed by atoms with E-state index < -0.39 is 0 Å². The number of rotatable bonds is 3. The highest BCUT2D eigenvalue weighted by Gasteiger charge is 2.19. The zero-order valence-electron chi connectivity index (χ0n) is 13.0. The van der Waals surface area contributed by atoms with E-state index in [0.29, 0.717) is 6.54 Å². The van der Waals surface area contributed by atoms with E-state index in [0.717, 1.165) is 16.8 Å². The number of amides is 1. The smallest absolute Gasteiger partial charge is 0.251 e. The second-order valence-electron chi connectivity index (χ2n) is 6.03. The average Bonchev–Trinajstić information content (AvgIpc) is 2.95. The molecule has 3 nitrogen and oxygen atoms in total. The van der Waals surface area contributed by atoms with Gasteiger partial charge in [-0.3, -0.25) is 4.79 Å². The first-order valence-corrected chi connectivity index (χ1v) is 7.87. The van der Waals surface area contributed by atoms with E-state index in [4.69, 9.17) is 0 Å². The monoisotopic (exact) mass is 302 g/mol. The fourth-order valence-corrected chi connectivity index (χ4v) is 3.11. The van der Waals surface area contributed by atoms with Crippen LogP contribution in [0.5, 0.6) is 0 Å². The van der Waals surface area contributed by atoms with Crippen molar-refractivity contribution in [2.24, 2.45) is 0 Å².